The largest absolute Gasteiger partial charge is 0.495 e. The van der Waals surface area contributed by atoms with Gasteiger partial charge in [0.05, 0.1) is 5.54 Å². The zero-order chi connectivity index (χ0) is 20.4. The Balaban J connectivity index is 1.57. The highest BCUT2D eigenvalue weighted by molar-refractivity contribution is 6.32. The van der Waals surface area contributed by atoms with E-state index >= 15 is 0 Å². The first-order chi connectivity index (χ1) is 14.0. The molecular formula is C26H32BNO. The van der Waals surface area contributed by atoms with Crippen LogP contribution in [0.2, 0.25) is 0 Å². The summed E-state index contributed by atoms with van der Waals surface area (Å²) in [4.78, 5) is 2.63. The van der Waals surface area contributed by atoms with Gasteiger partial charge in [0, 0.05) is 13.1 Å². The maximum atomic E-state index is 6.12. The molecule has 1 fully saturated rings. The van der Waals surface area contributed by atoms with Crippen molar-refractivity contribution in [2.75, 3.05) is 19.7 Å². The summed E-state index contributed by atoms with van der Waals surface area (Å²) in [6.45, 7) is 9.66. The molecule has 1 atom stereocenters. The highest BCUT2D eigenvalue weighted by Crippen LogP contribution is 2.40. The molecule has 2 nitrogen and oxygen atoms in total. The molecule has 1 unspecified atom stereocenters. The second kappa shape index (κ2) is 8.40. The van der Waals surface area contributed by atoms with Crippen molar-refractivity contribution in [2.24, 2.45) is 0 Å². The van der Waals surface area contributed by atoms with Crippen LogP contribution < -0.4 is 5.46 Å². The first kappa shape index (κ1) is 20.3. The number of rotatable bonds is 5. The van der Waals surface area contributed by atoms with Gasteiger partial charge < -0.3 is 4.74 Å². The first-order valence-corrected chi connectivity index (χ1v) is 11.0. The van der Waals surface area contributed by atoms with E-state index in [9.17, 15) is 0 Å². The van der Waals surface area contributed by atoms with E-state index in [4.69, 9.17) is 12.6 Å². The van der Waals surface area contributed by atoms with Crippen molar-refractivity contribution in [1.82, 2.24) is 4.90 Å². The lowest BCUT2D eigenvalue weighted by molar-refractivity contribution is -0.00179. The molecule has 2 aliphatic carbocycles. The van der Waals surface area contributed by atoms with Crippen LogP contribution >= 0.6 is 0 Å². The van der Waals surface area contributed by atoms with Gasteiger partial charge in [-0.1, -0.05) is 73.0 Å². The van der Waals surface area contributed by atoms with Crippen molar-refractivity contribution in [3.05, 3.63) is 76.6 Å². The van der Waals surface area contributed by atoms with E-state index in [-0.39, 0.29) is 5.54 Å². The molecule has 29 heavy (non-hydrogen) atoms. The quantitative estimate of drug-likeness (QED) is 0.680. The number of benzene rings is 1. The van der Waals surface area contributed by atoms with Gasteiger partial charge in [-0.25, -0.2) is 0 Å². The first-order valence-electron chi connectivity index (χ1n) is 11.0. The summed E-state index contributed by atoms with van der Waals surface area (Å²) in [5.74, 6) is 1.62. The van der Waals surface area contributed by atoms with Gasteiger partial charge in [0.1, 0.15) is 20.2 Å². The monoisotopic (exact) mass is 385 g/mol. The van der Waals surface area contributed by atoms with Crippen LogP contribution in [0.1, 0.15) is 57.1 Å². The standard InChI is InChI=1S/C26H32BNO/c1-19(2)24-11-10-23(27)16-22(24)15-21-9-12-25-26(3,17-21)28(13-14-29-25)18-20-7-5-4-6-8-20/h4-5,7,9-12,16,19H,6,8,13-15,17-18H2,1-3H3. The normalized spacial score (nSPS) is 24.5. The number of allylic oxidation sites excluding steroid dienone is 5. The average Bonchev–Trinajstić information content (AvgIpc) is 2.69. The van der Waals surface area contributed by atoms with Crippen LogP contribution in [0.5, 0.6) is 0 Å². The summed E-state index contributed by atoms with van der Waals surface area (Å²) in [7, 11) is 6.12. The van der Waals surface area contributed by atoms with Crippen LogP contribution in [-0.2, 0) is 11.2 Å². The molecule has 0 spiro atoms. The molecule has 0 aromatic heterocycles. The summed E-state index contributed by atoms with van der Waals surface area (Å²) >= 11 is 0. The molecule has 2 radical (unpaired) electrons. The molecule has 0 amide bonds. The van der Waals surface area contributed by atoms with Crippen LogP contribution in [0.15, 0.2) is 65.5 Å². The molecule has 1 saturated heterocycles. The topological polar surface area (TPSA) is 12.5 Å². The molecule has 3 aliphatic rings. The lowest BCUT2D eigenvalue weighted by atomic mass is 9.79. The van der Waals surface area contributed by atoms with Crippen molar-refractivity contribution in [1.29, 1.82) is 0 Å². The molecule has 0 bridgehead atoms. The summed E-state index contributed by atoms with van der Waals surface area (Å²) < 4.78 is 6.11. The van der Waals surface area contributed by atoms with Gasteiger partial charge in [-0.15, -0.1) is 0 Å². The van der Waals surface area contributed by atoms with Crippen molar-refractivity contribution < 1.29 is 4.74 Å². The van der Waals surface area contributed by atoms with Crippen LogP contribution in [0.3, 0.4) is 0 Å². The zero-order valence-corrected chi connectivity index (χ0v) is 18.1. The summed E-state index contributed by atoms with van der Waals surface area (Å²) in [5.41, 5.74) is 6.53. The highest BCUT2D eigenvalue weighted by atomic mass is 16.5. The Bertz CT molecular complexity index is 892. The predicted molar refractivity (Wildman–Crippen MR) is 123 cm³/mol. The van der Waals surface area contributed by atoms with Gasteiger partial charge in [0.25, 0.3) is 0 Å². The Morgan fingerprint density at radius 1 is 1.17 bits per heavy atom. The van der Waals surface area contributed by atoms with Crippen molar-refractivity contribution in [2.45, 2.75) is 57.9 Å². The molecule has 0 saturated carbocycles. The van der Waals surface area contributed by atoms with Crippen molar-refractivity contribution in [3.63, 3.8) is 0 Å². The smallest absolute Gasteiger partial charge is 0.116 e. The molecule has 1 heterocycles. The minimum atomic E-state index is -0.0668. The van der Waals surface area contributed by atoms with Crippen LogP contribution in [0, 0.1) is 0 Å². The molecular weight excluding hydrogens is 353 g/mol. The van der Waals surface area contributed by atoms with E-state index in [1.807, 2.05) is 6.07 Å². The SMILES string of the molecule is [B]c1ccc(C(C)C)c(CC2=CC=C3OCCN(CC4=CC=CCC4)C3(C)C2)c1. The van der Waals surface area contributed by atoms with Crippen LogP contribution in [0.4, 0.5) is 0 Å². The highest BCUT2D eigenvalue weighted by Gasteiger charge is 2.42. The van der Waals surface area contributed by atoms with E-state index in [2.05, 4.69) is 68.2 Å². The van der Waals surface area contributed by atoms with Gasteiger partial charge in [-0.2, -0.15) is 0 Å². The number of ether oxygens (including phenoxy) is 1. The van der Waals surface area contributed by atoms with Gasteiger partial charge in [-0.05, 0) is 55.7 Å². The Morgan fingerprint density at radius 2 is 2.03 bits per heavy atom. The minimum Gasteiger partial charge on any atom is -0.495 e. The summed E-state index contributed by atoms with van der Waals surface area (Å²) in [6, 6.07) is 6.38. The van der Waals surface area contributed by atoms with Gasteiger partial charge in [-0.3, -0.25) is 4.90 Å². The van der Waals surface area contributed by atoms with Gasteiger partial charge >= 0.3 is 0 Å². The second-order valence-electron chi connectivity index (χ2n) is 9.16. The summed E-state index contributed by atoms with van der Waals surface area (Å²) in [5, 5.41) is 0. The van der Waals surface area contributed by atoms with E-state index in [1.165, 1.54) is 28.7 Å². The molecule has 0 N–H and O–H groups in total. The van der Waals surface area contributed by atoms with Crippen LogP contribution in [-0.4, -0.2) is 38.0 Å². The number of fused-ring (bicyclic) bond motifs is 1. The average molecular weight is 385 g/mol. The van der Waals surface area contributed by atoms with E-state index < -0.39 is 0 Å². The Kier molecular flexibility index (Phi) is 5.87. The van der Waals surface area contributed by atoms with Gasteiger partial charge in [0.15, 0.2) is 0 Å². The number of nitrogens with zero attached hydrogens (tertiary/aromatic N) is 1. The number of morpholine rings is 1. The molecule has 1 aromatic carbocycles. The fourth-order valence-electron chi connectivity index (χ4n) is 4.94. The lowest BCUT2D eigenvalue weighted by Crippen LogP contribution is -2.55. The Morgan fingerprint density at radius 3 is 2.79 bits per heavy atom. The number of hydrogen-bond acceptors (Lipinski definition) is 2. The lowest BCUT2D eigenvalue weighted by Gasteiger charge is -2.48. The van der Waals surface area contributed by atoms with Crippen molar-refractivity contribution >= 4 is 13.3 Å². The van der Waals surface area contributed by atoms with E-state index in [0.29, 0.717) is 5.92 Å². The third-order valence-corrected chi connectivity index (χ3v) is 6.59. The van der Waals surface area contributed by atoms with E-state index in [0.717, 1.165) is 50.2 Å². The molecule has 150 valence electrons. The Labute approximate surface area is 177 Å². The molecule has 3 heteroatoms. The maximum Gasteiger partial charge on any atom is 0.116 e. The Hall–Kier alpha value is -2.00. The van der Waals surface area contributed by atoms with Crippen LogP contribution in [0.25, 0.3) is 0 Å². The fraction of sp³-hybridized carbons (Fsp3) is 0.462. The summed E-state index contributed by atoms with van der Waals surface area (Å²) in [6.07, 6.45) is 15.5. The third kappa shape index (κ3) is 4.30. The minimum absolute atomic E-state index is 0.0668. The third-order valence-electron chi connectivity index (χ3n) is 6.59. The number of hydrogen-bond donors (Lipinski definition) is 0. The molecule has 1 aliphatic heterocycles. The zero-order valence-electron chi connectivity index (χ0n) is 18.1. The van der Waals surface area contributed by atoms with E-state index in [1.54, 1.807) is 0 Å². The van der Waals surface area contributed by atoms with Crippen molar-refractivity contribution in [3.8, 4) is 0 Å². The molecule has 4 rings (SSSR count). The predicted octanol–water partition coefficient (Wildman–Crippen LogP) is 4.73. The maximum absolute atomic E-state index is 6.12. The molecule has 1 aromatic rings. The fourth-order valence-corrected chi connectivity index (χ4v) is 4.94. The van der Waals surface area contributed by atoms with Gasteiger partial charge in [0.2, 0.25) is 0 Å². The second-order valence-corrected chi connectivity index (χ2v) is 9.16.